The fraction of sp³-hybridized carbons (Fsp3) is 0.421. The summed E-state index contributed by atoms with van der Waals surface area (Å²) in [5.41, 5.74) is 1.18. The number of carbonyl (C=O) groups is 1. The molecule has 2 amide bonds. The van der Waals surface area contributed by atoms with Gasteiger partial charge in [0.25, 0.3) is 0 Å². The summed E-state index contributed by atoms with van der Waals surface area (Å²) in [5.74, 6) is 2.68. The van der Waals surface area contributed by atoms with E-state index in [0.29, 0.717) is 25.5 Å². The molecule has 0 fully saturated rings. The summed E-state index contributed by atoms with van der Waals surface area (Å²) in [7, 11) is 1.60. The lowest BCUT2D eigenvalue weighted by atomic mass is 9.97. The summed E-state index contributed by atoms with van der Waals surface area (Å²) in [6, 6.07) is 11.2. The van der Waals surface area contributed by atoms with Crippen LogP contribution >= 0.6 is 0 Å². The predicted octanol–water partition coefficient (Wildman–Crippen LogP) is 2.83. The molecule has 1 aromatic heterocycles. The minimum Gasteiger partial charge on any atom is -0.493 e. The topological polar surface area (TPSA) is 72.7 Å². The van der Waals surface area contributed by atoms with E-state index in [-0.39, 0.29) is 18.0 Å². The quantitative estimate of drug-likeness (QED) is 0.845. The van der Waals surface area contributed by atoms with Crippen LogP contribution in [0.25, 0.3) is 0 Å². The number of hydrogen-bond acceptors (Lipinski definition) is 4. The van der Waals surface area contributed by atoms with Crippen molar-refractivity contribution >= 4 is 6.03 Å². The van der Waals surface area contributed by atoms with E-state index >= 15 is 0 Å². The van der Waals surface area contributed by atoms with E-state index in [1.165, 1.54) is 5.56 Å². The number of amides is 2. The number of nitrogens with one attached hydrogen (secondary N) is 2. The van der Waals surface area contributed by atoms with Crippen molar-refractivity contribution in [1.82, 2.24) is 10.6 Å². The van der Waals surface area contributed by atoms with Gasteiger partial charge in [0.15, 0.2) is 0 Å². The molecule has 2 heterocycles. The Bertz CT molecular complexity index is 713. The Hall–Kier alpha value is -2.47. The maximum Gasteiger partial charge on any atom is 0.315 e. The lowest BCUT2D eigenvalue weighted by Gasteiger charge is -2.25. The second-order valence-electron chi connectivity index (χ2n) is 6.30. The number of urea groups is 1. The summed E-state index contributed by atoms with van der Waals surface area (Å²) in [6.07, 6.45) is 0.898. The van der Waals surface area contributed by atoms with Crippen LogP contribution in [-0.4, -0.2) is 32.9 Å². The van der Waals surface area contributed by atoms with E-state index in [0.717, 1.165) is 17.9 Å². The molecule has 0 spiro atoms. The second kappa shape index (κ2) is 8.07. The minimum atomic E-state index is -0.318. The third kappa shape index (κ3) is 4.54. The smallest absolute Gasteiger partial charge is 0.315 e. The summed E-state index contributed by atoms with van der Waals surface area (Å²) >= 11 is 0. The average molecular weight is 344 g/mol. The van der Waals surface area contributed by atoms with Gasteiger partial charge < -0.3 is 24.5 Å². The summed E-state index contributed by atoms with van der Waals surface area (Å²) in [5, 5.41) is 5.82. The van der Waals surface area contributed by atoms with Gasteiger partial charge in [-0.05, 0) is 37.1 Å². The van der Waals surface area contributed by atoms with Crippen LogP contribution in [0.4, 0.5) is 4.79 Å². The molecule has 0 unspecified atom stereocenters. The molecular weight excluding hydrogens is 320 g/mol. The number of carbonyl (C=O) groups excluding carboxylic acids is 1. The SMILES string of the molecule is COC[C@H](NC(=O)NC[C@@H]1COc2ccccc2C1)c1ccc(C)o1. The number of ether oxygens (including phenoxy) is 2. The minimum absolute atomic E-state index is 0.241. The van der Waals surface area contributed by atoms with Crippen molar-refractivity contribution in [2.75, 3.05) is 26.9 Å². The van der Waals surface area contributed by atoms with Gasteiger partial charge in [-0.25, -0.2) is 4.79 Å². The Morgan fingerprint density at radius 3 is 2.92 bits per heavy atom. The van der Waals surface area contributed by atoms with Crippen LogP contribution < -0.4 is 15.4 Å². The molecular formula is C19H24N2O4. The molecule has 3 rings (SSSR count). The number of furan rings is 1. The van der Waals surface area contributed by atoms with Gasteiger partial charge in [0.2, 0.25) is 0 Å². The van der Waals surface area contributed by atoms with Crippen LogP contribution in [0.15, 0.2) is 40.8 Å². The van der Waals surface area contributed by atoms with Gasteiger partial charge in [-0.15, -0.1) is 0 Å². The first-order valence-electron chi connectivity index (χ1n) is 8.46. The van der Waals surface area contributed by atoms with Crippen LogP contribution in [-0.2, 0) is 11.2 Å². The number of para-hydroxylation sites is 1. The van der Waals surface area contributed by atoms with Crippen molar-refractivity contribution in [3.63, 3.8) is 0 Å². The Labute approximate surface area is 147 Å². The molecule has 6 heteroatoms. The first-order valence-corrected chi connectivity index (χ1v) is 8.46. The van der Waals surface area contributed by atoms with Crippen molar-refractivity contribution in [3.8, 4) is 5.75 Å². The number of fused-ring (bicyclic) bond motifs is 1. The van der Waals surface area contributed by atoms with Crippen LogP contribution in [0.3, 0.4) is 0 Å². The first-order chi connectivity index (χ1) is 12.2. The highest BCUT2D eigenvalue weighted by atomic mass is 16.5. The summed E-state index contributed by atoms with van der Waals surface area (Å²) < 4.78 is 16.5. The highest BCUT2D eigenvalue weighted by molar-refractivity contribution is 5.74. The van der Waals surface area contributed by atoms with Crippen LogP contribution in [0.1, 0.15) is 23.1 Å². The van der Waals surface area contributed by atoms with Gasteiger partial charge in [0.1, 0.15) is 23.3 Å². The Morgan fingerprint density at radius 1 is 1.32 bits per heavy atom. The van der Waals surface area contributed by atoms with E-state index < -0.39 is 0 Å². The van der Waals surface area contributed by atoms with Gasteiger partial charge in [-0.3, -0.25) is 0 Å². The molecule has 0 saturated heterocycles. The monoisotopic (exact) mass is 344 g/mol. The van der Waals surface area contributed by atoms with Crippen LogP contribution in [0.2, 0.25) is 0 Å². The van der Waals surface area contributed by atoms with Gasteiger partial charge in [-0.1, -0.05) is 18.2 Å². The van der Waals surface area contributed by atoms with Gasteiger partial charge in [-0.2, -0.15) is 0 Å². The Kier molecular flexibility index (Phi) is 5.60. The molecule has 2 aromatic rings. The molecule has 0 radical (unpaired) electrons. The predicted molar refractivity (Wildman–Crippen MR) is 93.7 cm³/mol. The highest BCUT2D eigenvalue weighted by Gasteiger charge is 2.22. The number of rotatable bonds is 6. The lowest BCUT2D eigenvalue weighted by molar-refractivity contribution is 0.155. The maximum absolute atomic E-state index is 12.2. The third-order valence-corrected chi connectivity index (χ3v) is 4.25. The van der Waals surface area contributed by atoms with Crippen LogP contribution in [0, 0.1) is 12.8 Å². The Balaban J connectivity index is 1.50. The molecule has 0 saturated carbocycles. The zero-order valence-corrected chi connectivity index (χ0v) is 14.6. The fourth-order valence-electron chi connectivity index (χ4n) is 2.97. The lowest BCUT2D eigenvalue weighted by Crippen LogP contribution is -2.43. The normalized spacial score (nSPS) is 17.3. The van der Waals surface area contributed by atoms with E-state index in [4.69, 9.17) is 13.9 Å². The molecule has 0 bridgehead atoms. The van der Waals surface area contributed by atoms with E-state index in [1.807, 2.05) is 37.3 Å². The van der Waals surface area contributed by atoms with Crippen molar-refractivity contribution < 1.29 is 18.7 Å². The number of aryl methyl sites for hydroxylation is 1. The standard InChI is InChI=1S/C19H24N2O4/c1-13-7-8-18(25-13)16(12-23-2)21-19(22)20-10-14-9-15-5-3-4-6-17(15)24-11-14/h3-8,14,16H,9-12H2,1-2H3,(H2,20,21,22)/t14-,16+/m1/s1. The molecule has 134 valence electrons. The van der Waals surface area contributed by atoms with Gasteiger partial charge in [0, 0.05) is 19.6 Å². The number of hydrogen-bond donors (Lipinski definition) is 2. The van der Waals surface area contributed by atoms with Gasteiger partial charge in [0.05, 0.1) is 13.2 Å². The van der Waals surface area contributed by atoms with E-state index in [2.05, 4.69) is 16.7 Å². The third-order valence-electron chi connectivity index (χ3n) is 4.25. The molecule has 1 aromatic carbocycles. The van der Waals surface area contributed by atoms with Crippen LogP contribution in [0.5, 0.6) is 5.75 Å². The summed E-state index contributed by atoms with van der Waals surface area (Å²) in [6.45, 7) is 3.38. The number of benzene rings is 1. The van der Waals surface area contributed by atoms with Crippen molar-refractivity contribution in [2.45, 2.75) is 19.4 Å². The molecule has 6 nitrogen and oxygen atoms in total. The van der Waals surface area contributed by atoms with Crippen molar-refractivity contribution in [1.29, 1.82) is 0 Å². The second-order valence-corrected chi connectivity index (χ2v) is 6.30. The van der Waals surface area contributed by atoms with E-state index in [9.17, 15) is 4.79 Å². The molecule has 2 atom stereocenters. The van der Waals surface area contributed by atoms with Crippen molar-refractivity contribution in [2.24, 2.45) is 5.92 Å². The molecule has 2 N–H and O–H groups in total. The molecule has 1 aliphatic heterocycles. The molecule has 25 heavy (non-hydrogen) atoms. The zero-order chi connectivity index (χ0) is 17.6. The average Bonchev–Trinajstić information content (AvgIpc) is 3.06. The maximum atomic E-state index is 12.2. The first kappa shape index (κ1) is 17.4. The fourth-order valence-corrected chi connectivity index (χ4v) is 2.97. The molecule has 0 aliphatic carbocycles. The summed E-state index contributed by atoms with van der Waals surface area (Å²) in [4.78, 5) is 12.2. The van der Waals surface area contributed by atoms with Crippen molar-refractivity contribution in [3.05, 3.63) is 53.5 Å². The molecule has 1 aliphatic rings. The van der Waals surface area contributed by atoms with E-state index in [1.54, 1.807) is 7.11 Å². The largest absolute Gasteiger partial charge is 0.493 e. The highest BCUT2D eigenvalue weighted by Crippen LogP contribution is 2.26. The number of methoxy groups -OCH3 is 1. The Morgan fingerprint density at radius 2 is 2.16 bits per heavy atom. The zero-order valence-electron chi connectivity index (χ0n) is 14.6. The van der Waals surface area contributed by atoms with Gasteiger partial charge >= 0.3 is 6.03 Å².